The molecule has 0 atom stereocenters. The molecule has 0 aliphatic carbocycles. The predicted octanol–water partition coefficient (Wildman–Crippen LogP) is 0.995. The van der Waals surface area contributed by atoms with Crippen molar-refractivity contribution in [2.24, 2.45) is 5.16 Å². The van der Waals surface area contributed by atoms with Crippen LogP contribution in [-0.2, 0) is 4.84 Å². The molecule has 5 heteroatoms. The van der Waals surface area contributed by atoms with Crippen LogP contribution in [0.1, 0.15) is 10.7 Å². The molecule has 0 unspecified atom stereocenters. The van der Waals surface area contributed by atoms with Gasteiger partial charge < -0.3 is 4.84 Å². The average molecular weight is 167 g/mol. The molecule has 0 fully saturated rings. The molecule has 0 aliphatic heterocycles. The number of aromatic nitrogens is 1. The van der Waals surface area contributed by atoms with Gasteiger partial charge in [0.1, 0.15) is 24.4 Å². The van der Waals surface area contributed by atoms with Crippen LogP contribution in [0.4, 0.5) is 0 Å². The molecule has 56 valence electrons. The van der Waals surface area contributed by atoms with E-state index in [1.165, 1.54) is 24.7 Å². The van der Waals surface area contributed by atoms with Crippen molar-refractivity contribution >= 4 is 17.6 Å². The van der Waals surface area contributed by atoms with E-state index in [2.05, 4.69) is 15.0 Å². The monoisotopic (exact) mass is 167 g/mol. The van der Waals surface area contributed by atoms with E-state index in [-0.39, 0.29) is 0 Å². The number of oxime groups is 1. The van der Waals surface area contributed by atoms with E-state index < -0.39 is 0 Å². The van der Waals surface area contributed by atoms with Gasteiger partial charge in [-0.15, -0.1) is 11.3 Å². The second-order valence-electron chi connectivity index (χ2n) is 1.60. The lowest BCUT2D eigenvalue weighted by molar-refractivity contribution is 0.215. The van der Waals surface area contributed by atoms with Crippen molar-refractivity contribution in [1.29, 1.82) is 5.26 Å². The topological polar surface area (TPSA) is 58.3 Å². The fraction of sp³-hybridized carbons (Fsp3) is 0.167. The van der Waals surface area contributed by atoms with Gasteiger partial charge in [-0.1, -0.05) is 5.16 Å². The molecule has 0 aliphatic rings. The Kier molecular flexibility index (Phi) is 2.58. The van der Waals surface area contributed by atoms with Crippen molar-refractivity contribution in [3.05, 3.63) is 16.1 Å². The summed E-state index contributed by atoms with van der Waals surface area (Å²) in [7, 11) is 1.45. The van der Waals surface area contributed by atoms with Gasteiger partial charge in [0.2, 0.25) is 0 Å². The Balaban J connectivity index is 2.75. The van der Waals surface area contributed by atoms with E-state index in [1.54, 1.807) is 5.38 Å². The Morgan fingerprint density at radius 3 is 3.27 bits per heavy atom. The van der Waals surface area contributed by atoms with Crippen LogP contribution in [-0.4, -0.2) is 18.3 Å². The Hall–Kier alpha value is -1.41. The zero-order valence-electron chi connectivity index (χ0n) is 5.81. The molecule has 0 saturated heterocycles. The molecule has 0 amide bonds. The van der Waals surface area contributed by atoms with E-state index >= 15 is 0 Å². The minimum absolute atomic E-state index is 0.410. The molecule has 0 aromatic carbocycles. The lowest BCUT2D eigenvalue weighted by Crippen LogP contribution is -1.80. The second kappa shape index (κ2) is 3.68. The van der Waals surface area contributed by atoms with Gasteiger partial charge in [0.05, 0.1) is 0 Å². The molecular formula is C6H5N3OS. The Morgan fingerprint density at radius 1 is 1.91 bits per heavy atom. The van der Waals surface area contributed by atoms with Crippen molar-refractivity contribution in [2.75, 3.05) is 7.11 Å². The van der Waals surface area contributed by atoms with E-state index in [4.69, 9.17) is 5.26 Å². The molecule has 4 nitrogen and oxygen atoms in total. The second-order valence-corrected chi connectivity index (χ2v) is 2.49. The number of hydrogen-bond donors (Lipinski definition) is 0. The van der Waals surface area contributed by atoms with Crippen molar-refractivity contribution in [1.82, 2.24) is 4.98 Å². The first-order chi connectivity index (χ1) is 5.36. The van der Waals surface area contributed by atoms with Crippen LogP contribution in [0.25, 0.3) is 0 Å². The Bertz CT molecular complexity index is 299. The quantitative estimate of drug-likeness (QED) is 0.487. The minimum Gasteiger partial charge on any atom is -0.399 e. The minimum atomic E-state index is 0.410. The van der Waals surface area contributed by atoms with E-state index in [9.17, 15) is 0 Å². The molecule has 0 spiro atoms. The van der Waals surface area contributed by atoms with Gasteiger partial charge in [0.25, 0.3) is 0 Å². The third-order valence-electron chi connectivity index (χ3n) is 0.905. The SMILES string of the molecule is CON=Cc1nc(C#N)cs1. The zero-order chi connectivity index (χ0) is 8.10. The van der Waals surface area contributed by atoms with E-state index in [0.29, 0.717) is 10.7 Å². The van der Waals surface area contributed by atoms with Gasteiger partial charge in [0, 0.05) is 5.38 Å². The summed E-state index contributed by atoms with van der Waals surface area (Å²) in [6, 6.07) is 1.92. The highest BCUT2D eigenvalue weighted by molar-refractivity contribution is 7.11. The Morgan fingerprint density at radius 2 is 2.73 bits per heavy atom. The molecule has 11 heavy (non-hydrogen) atoms. The highest BCUT2D eigenvalue weighted by atomic mass is 32.1. The van der Waals surface area contributed by atoms with Crippen LogP contribution in [0.3, 0.4) is 0 Å². The summed E-state index contributed by atoms with van der Waals surface area (Å²) in [5.74, 6) is 0. The van der Waals surface area contributed by atoms with Crippen LogP contribution in [0.2, 0.25) is 0 Å². The van der Waals surface area contributed by atoms with Crippen molar-refractivity contribution in [3.8, 4) is 6.07 Å². The highest BCUT2D eigenvalue weighted by Gasteiger charge is 1.96. The standard InChI is InChI=1S/C6H5N3OS/c1-10-8-3-6-9-5(2-7)4-11-6/h3-4H,1H3. The van der Waals surface area contributed by atoms with Gasteiger partial charge in [-0.05, 0) is 0 Å². The number of rotatable bonds is 2. The first-order valence-electron chi connectivity index (χ1n) is 2.79. The number of thiazole rings is 1. The van der Waals surface area contributed by atoms with Gasteiger partial charge >= 0.3 is 0 Å². The van der Waals surface area contributed by atoms with Gasteiger partial charge in [-0.25, -0.2) is 4.98 Å². The van der Waals surface area contributed by atoms with E-state index in [0.717, 1.165) is 0 Å². The summed E-state index contributed by atoms with van der Waals surface area (Å²) in [4.78, 5) is 8.34. The smallest absolute Gasteiger partial charge is 0.152 e. The summed E-state index contributed by atoms with van der Waals surface area (Å²) in [6.45, 7) is 0. The molecule has 0 radical (unpaired) electrons. The van der Waals surface area contributed by atoms with Crippen molar-refractivity contribution in [2.45, 2.75) is 0 Å². The number of hydrogen-bond acceptors (Lipinski definition) is 5. The number of nitriles is 1. The van der Waals surface area contributed by atoms with Crippen LogP contribution in [0.15, 0.2) is 10.5 Å². The van der Waals surface area contributed by atoms with E-state index in [1.807, 2.05) is 6.07 Å². The molecule has 1 heterocycles. The molecule has 0 saturated carbocycles. The fourth-order valence-corrected chi connectivity index (χ4v) is 1.09. The predicted molar refractivity (Wildman–Crippen MR) is 41.4 cm³/mol. The lowest BCUT2D eigenvalue weighted by atomic mass is 10.6. The maximum Gasteiger partial charge on any atom is 0.152 e. The maximum absolute atomic E-state index is 8.39. The lowest BCUT2D eigenvalue weighted by Gasteiger charge is -1.81. The van der Waals surface area contributed by atoms with Gasteiger partial charge in [-0.2, -0.15) is 5.26 Å². The average Bonchev–Trinajstić information content (AvgIpc) is 2.48. The third kappa shape index (κ3) is 2.02. The molecular weight excluding hydrogens is 162 g/mol. The van der Waals surface area contributed by atoms with Gasteiger partial charge in [-0.3, -0.25) is 0 Å². The maximum atomic E-state index is 8.39. The zero-order valence-corrected chi connectivity index (χ0v) is 6.63. The van der Waals surface area contributed by atoms with Gasteiger partial charge in [0.15, 0.2) is 5.69 Å². The Labute approximate surface area is 67.7 Å². The first-order valence-corrected chi connectivity index (χ1v) is 3.67. The van der Waals surface area contributed by atoms with Crippen LogP contribution < -0.4 is 0 Å². The third-order valence-corrected chi connectivity index (χ3v) is 1.68. The summed E-state index contributed by atoms with van der Waals surface area (Å²) in [5, 5.41) is 14.2. The van der Waals surface area contributed by atoms with Crippen LogP contribution >= 0.6 is 11.3 Å². The molecule has 1 rings (SSSR count). The number of nitrogens with zero attached hydrogens (tertiary/aromatic N) is 3. The molecule has 0 N–H and O–H groups in total. The first kappa shape index (κ1) is 7.69. The molecule has 1 aromatic rings. The van der Waals surface area contributed by atoms with Crippen LogP contribution in [0.5, 0.6) is 0 Å². The summed E-state index contributed by atoms with van der Waals surface area (Å²) in [5.41, 5.74) is 0.410. The fourth-order valence-electron chi connectivity index (χ4n) is 0.496. The summed E-state index contributed by atoms with van der Waals surface area (Å²) in [6.07, 6.45) is 1.46. The largest absolute Gasteiger partial charge is 0.399 e. The summed E-state index contributed by atoms with van der Waals surface area (Å²) < 4.78 is 0. The van der Waals surface area contributed by atoms with Crippen molar-refractivity contribution < 1.29 is 4.84 Å². The summed E-state index contributed by atoms with van der Waals surface area (Å²) >= 11 is 1.35. The highest BCUT2D eigenvalue weighted by Crippen LogP contribution is 2.05. The van der Waals surface area contributed by atoms with Crippen molar-refractivity contribution in [3.63, 3.8) is 0 Å². The normalized spacial score (nSPS) is 9.82. The van der Waals surface area contributed by atoms with Crippen LogP contribution in [0, 0.1) is 11.3 Å². The molecule has 1 aromatic heterocycles. The molecule has 0 bridgehead atoms.